The van der Waals surface area contributed by atoms with Crippen molar-refractivity contribution in [3.05, 3.63) is 0 Å². The molecule has 2 N–H and O–H groups in total. The van der Waals surface area contributed by atoms with E-state index in [9.17, 15) is 5.11 Å². The van der Waals surface area contributed by atoms with Gasteiger partial charge in [0.2, 0.25) is 0 Å². The van der Waals surface area contributed by atoms with Crippen LogP contribution in [0.5, 0.6) is 0 Å². The van der Waals surface area contributed by atoms with Gasteiger partial charge in [0.05, 0.1) is 18.8 Å². The third kappa shape index (κ3) is 6.46. The number of aliphatic hydroxyl groups excluding tert-OH is 1. The van der Waals surface area contributed by atoms with E-state index in [2.05, 4.69) is 19.2 Å². The lowest BCUT2D eigenvalue weighted by Crippen LogP contribution is -2.32. The van der Waals surface area contributed by atoms with Crippen molar-refractivity contribution in [3.8, 4) is 0 Å². The van der Waals surface area contributed by atoms with Crippen LogP contribution in [0.25, 0.3) is 0 Å². The molecule has 96 valence electrons. The minimum Gasteiger partial charge on any atom is -0.389 e. The topological polar surface area (TPSA) is 41.5 Å². The fourth-order valence-corrected chi connectivity index (χ4v) is 2.02. The van der Waals surface area contributed by atoms with E-state index in [0.29, 0.717) is 19.3 Å². The highest BCUT2D eigenvalue weighted by molar-refractivity contribution is 4.68. The summed E-state index contributed by atoms with van der Waals surface area (Å²) in [7, 11) is 0. The second-order valence-corrected chi connectivity index (χ2v) is 5.28. The first-order valence-electron chi connectivity index (χ1n) is 6.69. The second-order valence-electron chi connectivity index (χ2n) is 5.28. The molecule has 1 rings (SSSR count). The van der Waals surface area contributed by atoms with Gasteiger partial charge in [-0.25, -0.2) is 0 Å². The third-order valence-corrected chi connectivity index (χ3v) is 3.10. The summed E-state index contributed by atoms with van der Waals surface area (Å²) < 4.78 is 5.65. The van der Waals surface area contributed by atoms with Crippen LogP contribution in [0, 0.1) is 5.92 Å². The molecule has 1 atom stereocenters. The summed E-state index contributed by atoms with van der Waals surface area (Å²) in [6.45, 7) is 6.54. The molecule has 0 bridgehead atoms. The maximum atomic E-state index is 9.69. The lowest BCUT2D eigenvalue weighted by atomic mass is 10.1. The molecule has 0 aliphatic heterocycles. The van der Waals surface area contributed by atoms with Crippen LogP contribution in [-0.2, 0) is 4.74 Å². The Bertz CT molecular complexity index is 167. The van der Waals surface area contributed by atoms with E-state index < -0.39 is 0 Å². The van der Waals surface area contributed by atoms with E-state index in [1.54, 1.807) is 0 Å². The Labute approximate surface area is 99.6 Å². The maximum absolute atomic E-state index is 9.69. The van der Waals surface area contributed by atoms with E-state index in [-0.39, 0.29) is 6.10 Å². The summed E-state index contributed by atoms with van der Waals surface area (Å²) in [4.78, 5) is 0. The Balaban J connectivity index is 1.91. The first kappa shape index (κ1) is 13.9. The zero-order valence-electron chi connectivity index (χ0n) is 10.7. The van der Waals surface area contributed by atoms with Gasteiger partial charge in [0, 0.05) is 6.54 Å². The Morgan fingerprint density at radius 2 is 2.00 bits per heavy atom. The SMILES string of the molecule is CC(C)CCNCC(O)COC1CCCC1. The Morgan fingerprint density at radius 3 is 2.62 bits per heavy atom. The van der Waals surface area contributed by atoms with Crippen LogP contribution in [0.2, 0.25) is 0 Å². The minimum atomic E-state index is -0.354. The van der Waals surface area contributed by atoms with Crippen molar-refractivity contribution >= 4 is 0 Å². The number of ether oxygens (including phenoxy) is 1. The summed E-state index contributed by atoms with van der Waals surface area (Å²) in [6, 6.07) is 0. The smallest absolute Gasteiger partial charge is 0.0897 e. The summed E-state index contributed by atoms with van der Waals surface area (Å²) in [5.41, 5.74) is 0. The molecule has 1 fully saturated rings. The molecule has 0 aromatic rings. The molecule has 1 aliphatic carbocycles. The minimum absolute atomic E-state index is 0.354. The van der Waals surface area contributed by atoms with Crippen molar-refractivity contribution < 1.29 is 9.84 Å². The molecule has 16 heavy (non-hydrogen) atoms. The molecule has 3 nitrogen and oxygen atoms in total. The van der Waals surface area contributed by atoms with Crippen molar-refractivity contribution in [1.29, 1.82) is 0 Å². The number of aliphatic hydroxyl groups is 1. The van der Waals surface area contributed by atoms with Gasteiger partial charge in [-0.3, -0.25) is 0 Å². The molecule has 1 unspecified atom stereocenters. The normalized spacial score (nSPS) is 19.5. The van der Waals surface area contributed by atoms with Gasteiger partial charge in [-0.2, -0.15) is 0 Å². The van der Waals surface area contributed by atoms with E-state index >= 15 is 0 Å². The zero-order valence-corrected chi connectivity index (χ0v) is 10.7. The monoisotopic (exact) mass is 229 g/mol. The van der Waals surface area contributed by atoms with E-state index in [0.717, 1.165) is 18.9 Å². The van der Waals surface area contributed by atoms with Crippen LogP contribution in [0.3, 0.4) is 0 Å². The van der Waals surface area contributed by atoms with E-state index in [1.165, 1.54) is 25.7 Å². The molecule has 0 aromatic carbocycles. The van der Waals surface area contributed by atoms with Crippen molar-refractivity contribution in [1.82, 2.24) is 5.32 Å². The standard InChI is InChI=1S/C13H27NO2/c1-11(2)7-8-14-9-12(15)10-16-13-5-3-4-6-13/h11-15H,3-10H2,1-2H3. The number of hydrogen-bond acceptors (Lipinski definition) is 3. The highest BCUT2D eigenvalue weighted by Gasteiger charge is 2.16. The Morgan fingerprint density at radius 1 is 1.31 bits per heavy atom. The van der Waals surface area contributed by atoms with Gasteiger partial charge in [0.25, 0.3) is 0 Å². The van der Waals surface area contributed by atoms with Crippen molar-refractivity contribution in [2.24, 2.45) is 5.92 Å². The molecular formula is C13H27NO2. The van der Waals surface area contributed by atoms with Crippen molar-refractivity contribution in [2.75, 3.05) is 19.7 Å². The van der Waals surface area contributed by atoms with Gasteiger partial charge in [-0.05, 0) is 31.7 Å². The largest absolute Gasteiger partial charge is 0.389 e. The molecule has 0 spiro atoms. The van der Waals surface area contributed by atoms with Crippen LogP contribution < -0.4 is 5.32 Å². The Hall–Kier alpha value is -0.120. The lowest BCUT2D eigenvalue weighted by molar-refractivity contribution is -0.00540. The summed E-state index contributed by atoms with van der Waals surface area (Å²) in [6.07, 6.45) is 6.14. The van der Waals surface area contributed by atoms with Crippen LogP contribution in [0.4, 0.5) is 0 Å². The fourth-order valence-electron chi connectivity index (χ4n) is 2.02. The molecule has 1 aliphatic rings. The number of nitrogens with one attached hydrogen (secondary N) is 1. The lowest BCUT2D eigenvalue weighted by Gasteiger charge is -2.16. The molecule has 1 saturated carbocycles. The molecule has 0 heterocycles. The summed E-state index contributed by atoms with van der Waals surface area (Å²) in [5.74, 6) is 0.722. The summed E-state index contributed by atoms with van der Waals surface area (Å²) >= 11 is 0. The molecular weight excluding hydrogens is 202 g/mol. The van der Waals surface area contributed by atoms with Gasteiger partial charge < -0.3 is 15.2 Å². The van der Waals surface area contributed by atoms with Crippen molar-refractivity contribution in [2.45, 2.75) is 58.2 Å². The average molecular weight is 229 g/mol. The number of hydrogen-bond donors (Lipinski definition) is 2. The third-order valence-electron chi connectivity index (χ3n) is 3.10. The maximum Gasteiger partial charge on any atom is 0.0897 e. The molecule has 0 aromatic heterocycles. The second kappa shape index (κ2) is 8.04. The zero-order chi connectivity index (χ0) is 11.8. The van der Waals surface area contributed by atoms with Crippen LogP contribution in [0.1, 0.15) is 46.0 Å². The predicted molar refractivity (Wildman–Crippen MR) is 66.5 cm³/mol. The molecule has 3 heteroatoms. The summed E-state index contributed by atoms with van der Waals surface area (Å²) in [5, 5.41) is 12.9. The van der Waals surface area contributed by atoms with E-state index in [4.69, 9.17) is 4.74 Å². The quantitative estimate of drug-likeness (QED) is 0.625. The Kier molecular flexibility index (Phi) is 7.01. The highest BCUT2D eigenvalue weighted by atomic mass is 16.5. The van der Waals surface area contributed by atoms with Gasteiger partial charge >= 0.3 is 0 Å². The molecule has 0 saturated heterocycles. The first-order valence-corrected chi connectivity index (χ1v) is 6.69. The van der Waals surface area contributed by atoms with E-state index in [1.807, 2.05) is 0 Å². The van der Waals surface area contributed by atoms with Crippen molar-refractivity contribution in [3.63, 3.8) is 0 Å². The molecule has 0 radical (unpaired) electrons. The van der Waals surface area contributed by atoms with Gasteiger partial charge in [0.15, 0.2) is 0 Å². The fraction of sp³-hybridized carbons (Fsp3) is 1.00. The van der Waals surface area contributed by atoms with Crippen LogP contribution >= 0.6 is 0 Å². The average Bonchev–Trinajstić information content (AvgIpc) is 2.74. The van der Waals surface area contributed by atoms with Gasteiger partial charge in [-0.15, -0.1) is 0 Å². The highest BCUT2D eigenvalue weighted by Crippen LogP contribution is 2.20. The van der Waals surface area contributed by atoms with Gasteiger partial charge in [-0.1, -0.05) is 26.7 Å². The van der Waals surface area contributed by atoms with Gasteiger partial charge in [0.1, 0.15) is 0 Å². The van der Waals surface area contributed by atoms with Crippen LogP contribution in [-0.4, -0.2) is 37.0 Å². The molecule has 0 amide bonds. The predicted octanol–water partition coefficient (Wildman–Crippen LogP) is 1.94. The van der Waals surface area contributed by atoms with Crippen LogP contribution in [0.15, 0.2) is 0 Å². The number of rotatable bonds is 8. The first-order chi connectivity index (χ1) is 7.68.